The molecule has 3 aliphatic rings. The second kappa shape index (κ2) is 28.4. The van der Waals surface area contributed by atoms with E-state index in [0.29, 0.717) is 57.9 Å². The largest absolute Gasteiger partial charge is 0.744 e. The number of benzene rings is 3. The zero-order chi connectivity index (χ0) is 49.8. The second-order valence-corrected chi connectivity index (χ2v) is 17.6. The maximum atomic E-state index is 13.7. The second-order valence-electron chi connectivity index (χ2n) is 14.5. The molecule has 2 aromatic carbocycles. The lowest BCUT2D eigenvalue weighted by Gasteiger charge is -2.22. The van der Waals surface area contributed by atoms with E-state index in [1.807, 2.05) is 0 Å². The number of ether oxygens (including phenoxy) is 8. The number of hydrogen-bond donors (Lipinski definition) is 3. The van der Waals surface area contributed by atoms with Gasteiger partial charge in [0.1, 0.15) is 19.9 Å². The number of aromatic carboxylic acids is 1. The summed E-state index contributed by atoms with van der Waals surface area (Å²) in [6, 6.07) is 10.4. The summed E-state index contributed by atoms with van der Waals surface area (Å²) < 4.78 is 116. The van der Waals surface area contributed by atoms with Crippen molar-refractivity contribution in [2.75, 3.05) is 118 Å². The third kappa shape index (κ3) is 16.6. The van der Waals surface area contributed by atoms with Crippen LogP contribution in [-0.2, 0) is 77.3 Å². The Balaban J connectivity index is 0.0000107. The molecule has 0 atom stereocenters. The zero-order valence-electron chi connectivity index (χ0n) is 37.3. The van der Waals surface area contributed by atoms with Gasteiger partial charge >= 0.3 is 5.97 Å². The van der Waals surface area contributed by atoms with Crippen LogP contribution in [0.3, 0.4) is 0 Å². The number of imide groups is 1. The van der Waals surface area contributed by atoms with Gasteiger partial charge in [-0.1, -0.05) is 31.7 Å². The maximum absolute atomic E-state index is 13.7. The predicted octanol–water partition coefficient (Wildman–Crippen LogP) is 0.578. The normalized spacial score (nSPS) is 13.1. The lowest BCUT2D eigenvalue weighted by molar-refractivity contribution is -0.255. The van der Waals surface area contributed by atoms with E-state index >= 15 is 0 Å². The number of carboxylic acids is 1. The van der Waals surface area contributed by atoms with E-state index in [4.69, 9.17) is 58.3 Å². The summed E-state index contributed by atoms with van der Waals surface area (Å²) in [7, 11) is -9.93. The van der Waals surface area contributed by atoms with Crippen molar-refractivity contribution in [3.63, 3.8) is 0 Å². The molecule has 0 saturated carbocycles. The van der Waals surface area contributed by atoms with Gasteiger partial charge in [-0.05, 0) is 29.8 Å². The first kappa shape index (κ1) is 57.1. The Labute approximate surface area is 403 Å². The first-order valence-electron chi connectivity index (χ1n) is 21.4. The van der Waals surface area contributed by atoms with Gasteiger partial charge in [0.15, 0.2) is 11.3 Å². The van der Waals surface area contributed by atoms with Gasteiger partial charge in [-0.2, -0.15) is 0 Å². The fraction of sp³-hybridized carbons (Fsp3) is 0.477. The average molecular weight is 1030 g/mol. The number of sulfonamides is 1. The molecule has 386 valence electrons. The van der Waals surface area contributed by atoms with Gasteiger partial charge in [-0.15, -0.1) is 5.06 Å². The Morgan fingerprint density at radius 1 is 0.671 bits per heavy atom. The Morgan fingerprint density at radius 2 is 1.16 bits per heavy atom. The first-order valence-corrected chi connectivity index (χ1v) is 24.3. The van der Waals surface area contributed by atoms with Crippen LogP contribution in [-0.4, -0.2) is 162 Å². The van der Waals surface area contributed by atoms with Crippen LogP contribution < -0.4 is 20.9 Å². The molecule has 0 radical (unpaired) electrons. The standard InChI is InChI=1S/C43H54N4O20S2.CH4/c44-33-7-5-31-38(29-3-1-2-4-30(29)43(51)52)32-6-8-34(45)42(69(55,56)57)40(32)66-39(31)41(33)68(53,54)46-12-14-59-16-18-61-20-22-63-24-26-65-28-27-64-25-23-62-21-19-60-17-15-58-13-11-37(50)67-47-35(48)9-10-36(47)49;/h1-8,45-46H,9-28,44H2,(H,51,52)(H,55,56,57);1H4/p-2. The third-order valence-electron chi connectivity index (χ3n) is 9.72. The van der Waals surface area contributed by atoms with Crippen molar-refractivity contribution in [1.82, 2.24) is 9.79 Å². The summed E-state index contributed by atoms with van der Waals surface area (Å²) in [4.78, 5) is 49.8. The number of carbonyl (C=O) groups is 4. The third-order valence-corrected chi connectivity index (χ3v) is 12.2. The number of anilines is 1. The molecular weight excluding hydrogens is 969 g/mol. The quantitative estimate of drug-likeness (QED) is 0.0193. The van der Waals surface area contributed by atoms with Gasteiger partial charge in [0.25, 0.3) is 11.8 Å². The van der Waals surface area contributed by atoms with Gasteiger partial charge < -0.3 is 67.3 Å². The Bertz CT molecular complexity index is 2630. The highest BCUT2D eigenvalue weighted by Crippen LogP contribution is 2.45. The number of nitrogen functional groups attached to an aromatic ring is 1. The number of hydroxylamine groups is 2. The van der Waals surface area contributed by atoms with Crippen molar-refractivity contribution >= 4 is 60.6 Å². The molecule has 0 aromatic heterocycles. The molecule has 5 rings (SSSR count). The maximum Gasteiger partial charge on any atom is 0.335 e. The van der Waals surface area contributed by atoms with Crippen molar-refractivity contribution in [3.05, 3.63) is 59.5 Å². The predicted molar refractivity (Wildman–Crippen MR) is 241 cm³/mol. The molecule has 2 amide bonds. The number of nitrogens with one attached hydrogen (secondary N) is 2. The van der Waals surface area contributed by atoms with Crippen LogP contribution in [0.4, 0.5) is 5.69 Å². The van der Waals surface area contributed by atoms with Crippen LogP contribution in [0, 0.1) is 5.41 Å². The summed E-state index contributed by atoms with van der Waals surface area (Å²) >= 11 is 0. The molecule has 2 heterocycles. The number of nitrogens with zero attached hydrogens (tertiary/aromatic N) is 1. The number of nitrogens with two attached hydrogens (primary N) is 1. The topological polar surface area (TPSA) is 344 Å². The van der Waals surface area contributed by atoms with Gasteiger partial charge in [0, 0.05) is 41.5 Å². The fourth-order valence-corrected chi connectivity index (χ4v) is 8.59. The molecule has 2 aliphatic heterocycles. The van der Waals surface area contributed by atoms with Crippen molar-refractivity contribution in [2.24, 2.45) is 0 Å². The van der Waals surface area contributed by atoms with Gasteiger partial charge in [-0.3, -0.25) is 15.0 Å². The van der Waals surface area contributed by atoms with E-state index < -0.39 is 70.4 Å². The smallest absolute Gasteiger partial charge is 0.335 e. The molecule has 24 nitrogen and oxygen atoms in total. The van der Waals surface area contributed by atoms with E-state index in [1.54, 1.807) is 0 Å². The summed E-state index contributed by atoms with van der Waals surface area (Å²) in [6.07, 6.45) is -0.0532. The number of fused-ring (bicyclic) bond motifs is 2. The molecule has 1 aliphatic carbocycles. The van der Waals surface area contributed by atoms with Crippen LogP contribution in [0.2, 0.25) is 0 Å². The Morgan fingerprint density at radius 3 is 1.66 bits per heavy atom. The number of carbonyl (C=O) groups excluding carboxylic acids is 4. The highest BCUT2D eigenvalue weighted by atomic mass is 32.2. The molecule has 0 unspecified atom stereocenters. The summed E-state index contributed by atoms with van der Waals surface area (Å²) in [6.45, 7) is 3.87. The van der Waals surface area contributed by atoms with E-state index in [9.17, 15) is 45.7 Å². The van der Waals surface area contributed by atoms with Gasteiger partial charge in [0.05, 0.1) is 129 Å². The molecule has 4 N–H and O–H groups in total. The van der Waals surface area contributed by atoms with E-state index in [-0.39, 0.29) is 119 Å². The summed E-state index contributed by atoms with van der Waals surface area (Å²) in [5.74, 6) is -4.07. The highest BCUT2D eigenvalue weighted by molar-refractivity contribution is 7.90. The van der Waals surface area contributed by atoms with Crippen molar-refractivity contribution in [3.8, 4) is 22.5 Å². The van der Waals surface area contributed by atoms with Crippen molar-refractivity contribution in [2.45, 2.75) is 36.5 Å². The minimum absolute atomic E-state index is 0. The number of rotatable bonds is 33. The van der Waals surface area contributed by atoms with E-state index in [1.165, 1.54) is 42.5 Å². The average Bonchev–Trinajstić information content (AvgIpc) is 3.61. The van der Waals surface area contributed by atoms with Crippen LogP contribution >= 0.6 is 0 Å². The molecule has 26 heteroatoms. The Kier molecular flexibility index (Phi) is 23.1. The van der Waals surface area contributed by atoms with Crippen molar-refractivity contribution in [1.29, 1.82) is 5.41 Å². The van der Waals surface area contributed by atoms with E-state index in [0.717, 1.165) is 6.07 Å². The van der Waals surface area contributed by atoms with Crippen LogP contribution in [0.25, 0.3) is 33.4 Å². The SMILES string of the molecule is C.N=c1ccc2c(-c3ccccc3C(=O)[O-])c3ccc(N)c(S(=O)(=O)NCCOCCOCCOCCOCCOCCOCCOCCOCCC(=O)ON4C(=O)CCC4=O)c3oc-2c1S(=O)(=O)[O-]. The number of carboxylic acid groups (broad SMARTS) is 1. The summed E-state index contributed by atoms with van der Waals surface area (Å²) in [5, 5.41) is 20.1. The lowest BCUT2D eigenvalue weighted by Crippen LogP contribution is -2.32. The van der Waals surface area contributed by atoms with Gasteiger partial charge in [0.2, 0.25) is 10.0 Å². The number of amides is 2. The minimum atomic E-state index is -5.38. The van der Waals surface area contributed by atoms with Crippen molar-refractivity contribution < 1.29 is 92.8 Å². The molecular formula is C44H56N4O20S2-2. The summed E-state index contributed by atoms with van der Waals surface area (Å²) in [5.41, 5.74) is 4.91. The molecule has 1 fully saturated rings. The first-order chi connectivity index (χ1) is 33.1. The molecule has 70 heavy (non-hydrogen) atoms. The van der Waals surface area contributed by atoms with E-state index in [2.05, 4.69) is 4.72 Å². The fourth-order valence-electron chi connectivity index (χ4n) is 6.60. The molecule has 0 spiro atoms. The minimum Gasteiger partial charge on any atom is -0.744 e. The van der Waals surface area contributed by atoms with Crippen LogP contribution in [0.5, 0.6) is 0 Å². The van der Waals surface area contributed by atoms with Gasteiger partial charge in [-0.25, -0.2) is 26.4 Å². The van der Waals surface area contributed by atoms with Crippen LogP contribution in [0.1, 0.15) is 37.0 Å². The molecule has 2 aromatic rings. The zero-order valence-corrected chi connectivity index (χ0v) is 38.9. The van der Waals surface area contributed by atoms with Crippen LogP contribution in [0.15, 0.2) is 62.7 Å². The molecule has 0 bridgehead atoms. The lowest BCUT2D eigenvalue weighted by atomic mass is 9.90. The monoisotopic (exact) mass is 1020 g/mol. The highest BCUT2D eigenvalue weighted by Gasteiger charge is 2.33. The number of hydrogen-bond acceptors (Lipinski definition) is 22. The molecule has 1 saturated heterocycles. The Hall–Kier alpha value is -5.49.